The van der Waals surface area contributed by atoms with Crippen molar-refractivity contribution < 1.29 is 4.79 Å². The van der Waals surface area contributed by atoms with Gasteiger partial charge in [-0.1, -0.05) is 27.5 Å². The minimum absolute atomic E-state index is 0.298. The molecule has 0 aliphatic heterocycles. The van der Waals surface area contributed by atoms with Gasteiger partial charge in [-0.3, -0.25) is 4.79 Å². The Bertz CT molecular complexity index is 805. The van der Waals surface area contributed by atoms with Gasteiger partial charge in [0.15, 0.2) is 5.82 Å². The fourth-order valence-electron chi connectivity index (χ4n) is 1.79. The summed E-state index contributed by atoms with van der Waals surface area (Å²) in [5, 5.41) is 7.10. The second-order valence-electron chi connectivity index (χ2n) is 4.32. The molecule has 2 heterocycles. The maximum absolute atomic E-state index is 12.2. The average Bonchev–Trinajstić information content (AvgIpc) is 3.02. The van der Waals surface area contributed by atoms with E-state index in [2.05, 4.69) is 36.3 Å². The molecule has 110 valence electrons. The molecule has 1 N–H and O–H groups in total. The van der Waals surface area contributed by atoms with E-state index in [1.165, 1.54) is 11.0 Å². The van der Waals surface area contributed by atoms with Crippen LogP contribution in [0.1, 0.15) is 10.4 Å². The van der Waals surface area contributed by atoms with Gasteiger partial charge < -0.3 is 5.32 Å². The molecule has 3 rings (SSSR count). The molecular weight excluding hydrogens is 370 g/mol. The van der Waals surface area contributed by atoms with E-state index in [0.717, 1.165) is 4.47 Å². The van der Waals surface area contributed by atoms with Crippen molar-refractivity contribution in [3.8, 4) is 5.82 Å². The van der Waals surface area contributed by atoms with E-state index in [0.29, 0.717) is 22.1 Å². The van der Waals surface area contributed by atoms with Crippen LogP contribution in [0.3, 0.4) is 0 Å². The number of nitrogens with zero attached hydrogens (tertiary/aromatic N) is 4. The van der Waals surface area contributed by atoms with Crippen molar-refractivity contribution >= 4 is 39.1 Å². The normalized spacial score (nSPS) is 10.5. The van der Waals surface area contributed by atoms with Crippen LogP contribution in [0.2, 0.25) is 5.02 Å². The highest BCUT2D eigenvalue weighted by atomic mass is 79.9. The Labute approximate surface area is 139 Å². The number of hydrogen-bond acceptors (Lipinski definition) is 4. The fraction of sp³-hybridized carbons (Fsp3) is 0. The number of amides is 1. The molecule has 8 heteroatoms. The van der Waals surface area contributed by atoms with Gasteiger partial charge in [-0.2, -0.15) is 5.10 Å². The van der Waals surface area contributed by atoms with E-state index in [1.807, 2.05) is 0 Å². The largest absolute Gasteiger partial charge is 0.321 e. The summed E-state index contributed by atoms with van der Waals surface area (Å²) in [6.45, 7) is 0. The van der Waals surface area contributed by atoms with E-state index in [9.17, 15) is 4.79 Å². The number of nitrogens with one attached hydrogen (secondary N) is 1. The molecule has 0 spiro atoms. The quantitative estimate of drug-likeness (QED) is 0.759. The lowest BCUT2D eigenvalue weighted by molar-refractivity contribution is 0.102. The summed E-state index contributed by atoms with van der Waals surface area (Å²) in [5.41, 5.74) is 0.957. The topological polar surface area (TPSA) is 72.7 Å². The third-order valence-corrected chi connectivity index (χ3v) is 3.64. The van der Waals surface area contributed by atoms with Crippen LogP contribution >= 0.6 is 27.5 Å². The maximum atomic E-state index is 12.2. The summed E-state index contributed by atoms with van der Waals surface area (Å²) in [4.78, 5) is 20.3. The van der Waals surface area contributed by atoms with Gasteiger partial charge in [0.2, 0.25) is 0 Å². The van der Waals surface area contributed by atoms with Crippen molar-refractivity contribution in [2.75, 3.05) is 5.32 Å². The smallest absolute Gasteiger partial charge is 0.257 e. The molecule has 6 nitrogen and oxygen atoms in total. The summed E-state index contributed by atoms with van der Waals surface area (Å²) in [7, 11) is 0. The van der Waals surface area contributed by atoms with E-state index in [4.69, 9.17) is 11.6 Å². The molecule has 3 aromatic rings. The molecule has 22 heavy (non-hydrogen) atoms. The van der Waals surface area contributed by atoms with Gasteiger partial charge >= 0.3 is 0 Å². The molecule has 2 aromatic heterocycles. The van der Waals surface area contributed by atoms with Gasteiger partial charge in [-0.25, -0.2) is 14.6 Å². The molecule has 0 atom stereocenters. The van der Waals surface area contributed by atoms with Crippen LogP contribution in [0.4, 0.5) is 5.69 Å². The third kappa shape index (κ3) is 3.15. The van der Waals surface area contributed by atoms with E-state index < -0.39 is 0 Å². The lowest BCUT2D eigenvalue weighted by atomic mass is 10.2. The highest BCUT2D eigenvalue weighted by Crippen LogP contribution is 2.22. The van der Waals surface area contributed by atoms with E-state index in [1.54, 1.807) is 42.9 Å². The Morgan fingerprint density at radius 1 is 1.27 bits per heavy atom. The van der Waals surface area contributed by atoms with Crippen LogP contribution in [0.15, 0.2) is 53.7 Å². The molecule has 0 unspecified atom stereocenters. The molecule has 0 saturated carbocycles. The van der Waals surface area contributed by atoms with Gasteiger partial charge in [0.25, 0.3) is 5.91 Å². The van der Waals surface area contributed by atoms with Gasteiger partial charge in [0, 0.05) is 4.47 Å². The third-order valence-electron chi connectivity index (χ3n) is 2.83. The Kier molecular flexibility index (Phi) is 4.17. The Balaban J connectivity index is 1.77. The summed E-state index contributed by atoms with van der Waals surface area (Å²) >= 11 is 9.36. The standard InChI is InChI=1S/C14H9BrClN5O/c15-9-1-3-11(12(16)5-9)14(22)20-10-2-4-13(18-6-10)21-8-17-7-19-21/h1-8H,(H,20,22). The molecule has 0 bridgehead atoms. The maximum Gasteiger partial charge on any atom is 0.257 e. The van der Waals surface area contributed by atoms with Gasteiger partial charge in [-0.15, -0.1) is 0 Å². The summed E-state index contributed by atoms with van der Waals surface area (Å²) in [6, 6.07) is 8.54. The number of rotatable bonds is 3. The lowest BCUT2D eigenvalue weighted by Gasteiger charge is -2.07. The Hall–Kier alpha value is -2.25. The lowest BCUT2D eigenvalue weighted by Crippen LogP contribution is -2.12. The first kappa shape index (κ1) is 14.7. The van der Waals surface area contributed by atoms with E-state index >= 15 is 0 Å². The molecule has 0 aliphatic rings. The van der Waals surface area contributed by atoms with Crippen LogP contribution in [-0.2, 0) is 0 Å². The predicted octanol–water partition coefficient (Wildman–Crippen LogP) is 3.33. The molecule has 0 radical (unpaired) electrons. The van der Waals surface area contributed by atoms with Gasteiger partial charge in [0.05, 0.1) is 22.5 Å². The second-order valence-corrected chi connectivity index (χ2v) is 5.65. The number of pyridine rings is 1. The van der Waals surface area contributed by atoms with Crippen LogP contribution < -0.4 is 5.32 Å². The zero-order valence-corrected chi connectivity index (χ0v) is 13.4. The number of aromatic nitrogens is 4. The molecule has 1 aromatic carbocycles. The number of hydrogen-bond donors (Lipinski definition) is 1. The SMILES string of the molecule is O=C(Nc1ccc(-n2cncn2)nc1)c1ccc(Br)cc1Cl. The number of benzene rings is 1. The van der Waals surface area contributed by atoms with Crippen LogP contribution in [0.25, 0.3) is 5.82 Å². The van der Waals surface area contributed by atoms with Crippen molar-refractivity contribution in [2.24, 2.45) is 0 Å². The monoisotopic (exact) mass is 377 g/mol. The summed E-state index contributed by atoms with van der Waals surface area (Å²) in [5.74, 6) is 0.310. The first-order valence-electron chi connectivity index (χ1n) is 6.21. The number of carbonyl (C=O) groups excluding carboxylic acids is 1. The fourth-order valence-corrected chi connectivity index (χ4v) is 2.55. The second kappa shape index (κ2) is 6.25. The summed E-state index contributed by atoms with van der Waals surface area (Å²) in [6.07, 6.45) is 4.51. The van der Waals surface area contributed by atoms with Crippen LogP contribution in [0.5, 0.6) is 0 Å². The molecule has 0 aliphatic carbocycles. The summed E-state index contributed by atoms with van der Waals surface area (Å²) < 4.78 is 2.34. The first-order chi connectivity index (χ1) is 10.6. The van der Waals surface area contributed by atoms with Gasteiger partial charge in [-0.05, 0) is 30.3 Å². The van der Waals surface area contributed by atoms with E-state index in [-0.39, 0.29) is 5.91 Å². The predicted molar refractivity (Wildman–Crippen MR) is 86.3 cm³/mol. The van der Waals surface area contributed by atoms with Crippen molar-refractivity contribution in [2.45, 2.75) is 0 Å². The average molecular weight is 379 g/mol. The molecule has 1 amide bonds. The number of carbonyl (C=O) groups is 1. The highest BCUT2D eigenvalue weighted by Gasteiger charge is 2.11. The first-order valence-corrected chi connectivity index (χ1v) is 7.38. The zero-order chi connectivity index (χ0) is 15.5. The van der Waals surface area contributed by atoms with Crippen molar-refractivity contribution in [3.05, 3.63) is 64.2 Å². The van der Waals surface area contributed by atoms with Crippen LogP contribution in [-0.4, -0.2) is 25.7 Å². The molecular formula is C14H9BrClN5O. The minimum atomic E-state index is -0.298. The van der Waals surface area contributed by atoms with Crippen molar-refractivity contribution in [1.29, 1.82) is 0 Å². The molecule has 0 fully saturated rings. The van der Waals surface area contributed by atoms with Crippen LogP contribution in [0, 0.1) is 0 Å². The minimum Gasteiger partial charge on any atom is -0.321 e. The Morgan fingerprint density at radius 3 is 2.77 bits per heavy atom. The molecule has 0 saturated heterocycles. The zero-order valence-electron chi connectivity index (χ0n) is 11.1. The van der Waals surface area contributed by atoms with Crippen molar-refractivity contribution in [3.63, 3.8) is 0 Å². The van der Waals surface area contributed by atoms with Crippen molar-refractivity contribution in [1.82, 2.24) is 19.7 Å². The Morgan fingerprint density at radius 2 is 2.14 bits per heavy atom. The number of anilines is 1. The highest BCUT2D eigenvalue weighted by molar-refractivity contribution is 9.10. The van der Waals surface area contributed by atoms with Gasteiger partial charge in [0.1, 0.15) is 12.7 Å². The number of halogens is 2.